The van der Waals surface area contributed by atoms with Crippen LogP contribution in [0.5, 0.6) is 5.75 Å². The maximum atomic E-state index is 13.3. The maximum absolute atomic E-state index is 13.3. The van der Waals surface area contributed by atoms with Gasteiger partial charge in [0.05, 0.1) is 5.60 Å². The lowest BCUT2D eigenvalue weighted by Gasteiger charge is -2.63. The lowest BCUT2D eigenvalue weighted by Crippen LogP contribution is -2.73. The molecule has 6 nitrogen and oxygen atoms in total. The van der Waals surface area contributed by atoms with Crippen LogP contribution in [0.15, 0.2) is 18.2 Å². The summed E-state index contributed by atoms with van der Waals surface area (Å²) in [6.45, 7) is 2.38. The summed E-state index contributed by atoms with van der Waals surface area (Å²) < 4.78 is 0. The number of Topliss-reactive ketones (excluding diaryl/α,β-unsaturated/α-hetero) is 1. The fourth-order valence-corrected chi connectivity index (χ4v) is 6.78. The third-order valence-electron chi connectivity index (χ3n) is 8.44. The van der Waals surface area contributed by atoms with Gasteiger partial charge in [-0.15, -0.1) is 0 Å². The summed E-state index contributed by atoms with van der Waals surface area (Å²) in [6, 6.07) is 5.31. The average Bonchev–Trinajstić information content (AvgIpc) is 2.73. The molecule has 162 valence electrons. The van der Waals surface area contributed by atoms with Crippen LogP contribution in [0, 0.1) is 5.92 Å². The van der Waals surface area contributed by atoms with Crippen molar-refractivity contribution in [1.29, 1.82) is 0 Å². The number of phenols is 1. The molecule has 4 aliphatic rings. The molecule has 2 aliphatic heterocycles. The van der Waals surface area contributed by atoms with Crippen LogP contribution in [0.4, 0.5) is 0 Å². The number of fused-ring (bicyclic) bond motifs is 1. The fraction of sp³-hybridized carbons (Fsp3) is 0.667. The van der Waals surface area contributed by atoms with E-state index in [0.717, 1.165) is 50.0 Å². The Morgan fingerprint density at radius 2 is 1.97 bits per heavy atom. The van der Waals surface area contributed by atoms with E-state index in [1.807, 2.05) is 18.0 Å². The van der Waals surface area contributed by atoms with Crippen molar-refractivity contribution in [3.05, 3.63) is 29.3 Å². The van der Waals surface area contributed by atoms with Crippen LogP contribution >= 0.6 is 0 Å². The van der Waals surface area contributed by atoms with Crippen molar-refractivity contribution in [2.24, 2.45) is 5.92 Å². The Bertz CT molecular complexity index is 880. The third kappa shape index (κ3) is 2.83. The third-order valence-corrected chi connectivity index (χ3v) is 8.44. The number of likely N-dealkylation sites (tertiary alicyclic amines) is 2. The first-order valence-electron chi connectivity index (χ1n) is 11.4. The molecule has 2 N–H and O–H groups in total. The highest BCUT2D eigenvalue weighted by Crippen LogP contribution is 2.58. The number of amides is 1. The SMILES string of the molecule is CN1CC[C@]23CC(=O)[C@@H](CC(=O)N4CCCCC4)C[C@@]2(O)[C@H]1Cc1ccc(O)cc13. The molecule has 1 aromatic rings. The van der Waals surface area contributed by atoms with Gasteiger partial charge in [0.2, 0.25) is 5.91 Å². The van der Waals surface area contributed by atoms with Crippen LogP contribution < -0.4 is 0 Å². The first-order valence-corrected chi connectivity index (χ1v) is 11.4. The summed E-state index contributed by atoms with van der Waals surface area (Å²) in [4.78, 5) is 30.3. The number of rotatable bonds is 2. The van der Waals surface area contributed by atoms with E-state index >= 15 is 0 Å². The lowest BCUT2D eigenvalue weighted by atomic mass is 9.47. The van der Waals surface area contributed by atoms with Gasteiger partial charge in [-0.05, 0) is 75.4 Å². The molecule has 2 saturated heterocycles. The monoisotopic (exact) mass is 412 g/mol. The number of benzene rings is 1. The number of aromatic hydroxyl groups is 1. The molecule has 30 heavy (non-hydrogen) atoms. The number of carbonyl (C=O) groups excluding carboxylic acids is 2. The van der Waals surface area contributed by atoms with Crippen LogP contribution in [0.25, 0.3) is 0 Å². The summed E-state index contributed by atoms with van der Waals surface area (Å²) in [5, 5.41) is 22.3. The zero-order valence-electron chi connectivity index (χ0n) is 17.8. The number of aliphatic hydroxyl groups is 1. The van der Waals surface area contributed by atoms with Crippen molar-refractivity contribution < 1.29 is 19.8 Å². The molecular weight excluding hydrogens is 380 g/mol. The molecule has 2 aliphatic carbocycles. The molecule has 2 bridgehead atoms. The highest BCUT2D eigenvalue weighted by Gasteiger charge is 2.66. The number of hydrogen-bond donors (Lipinski definition) is 2. The Balaban J connectivity index is 1.48. The van der Waals surface area contributed by atoms with E-state index in [4.69, 9.17) is 0 Å². The van der Waals surface area contributed by atoms with Crippen LogP contribution in [-0.2, 0) is 21.4 Å². The van der Waals surface area contributed by atoms with E-state index in [2.05, 4.69) is 4.90 Å². The first kappa shape index (κ1) is 20.0. The average molecular weight is 413 g/mol. The molecule has 0 unspecified atom stereocenters. The number of ketones is 1. The molecule has 3 fully saturated rings. The predicted octanol–water partition coefficient (Wildman–Crippen LogP) is 2.00. The highest BCUT2D eigenvalue weighted by molar-refractivity contribution is 5.89. The van der Waals surface area contributed by atoms with Gasteiger partial charge in [-0.3, -0.25) is 9.59 Å². The van der Waals surface area contributed by atoms with Crippen LogP contribution in [0.1, 0.15) is 56.1 Å². The van der Waals surface area contributed by atoms with Gasteiger partial charge in [0.25, 0.3) is 0 Å². The summed E-state index contributed by atoms with van der Waals surface area (Å²) in [7, 11) is 2.04. The molecule has 0 radical (unpaired) electrons. The van der Waals surface area contributed by atoms with E-state index < -0.39 is 16.9 Å². The minimum atomic E-state index is -1.07. The lowest BCUT2D eigenvalue weighted by molar-refractivity contribution is -0.179. The van der Waals surface area contributed by atoms with Gasteiger partial charge in [0, 0.05) is 43.3 Å². The Labute approximate surface area is 177 Å². The minimum Gasteiger partial charge on any atom is -0.508 e. The topological polar surface area (TPSA) is 81.1 Å². The van der Waals surface area contributed by atoms with Crippen LogP contribution in [-0.4, -0.2) is 70.0 Å². The molecule has 5 rings (SSSR count). The molecule has 2 heterocycles. The fourth-order valence-electron chi connectivity index (χ4n) is 6.78. The molecule has 6 heteroatoms. The summed E-state index contributed by atoms with van der Waals surface area (Å²) in [6.07, 6.45) is 5.40. The minimum absolute atomic E-state index is 0.0555. The molecule has 1 saturated carbocycles. The van der Waals surface area contributed by atoms with Gasteiger partial charge in [-0.2, -0.15) is 0 Å². The molecule has 1 amide bonds. The molecule has 1 aromatic carbocycles. The van der Waals surface area contributed by atoms with E-state index in [0.29, 0.717) is 19.3 Å². The van der Waals surface area contributed by atoms with Crippen LogP contribution in [0.3, 0.4) is 0 Å². The van der Waals surface area contributed by atoms with E-state index in [9.17, 15) is 19.8 Å². The summed E-state index contributed by atoms with van der Waals surface area (Å²) >= 11 is 0. The molecule has 0 aromatic heterocycles. The number of hydrogen-bond acceptors (Lipinski definition) is 5. The Morgan fingerprint density at radius 1 is 1.20 bits per heavy atom. The summed E-state index contributed by atoms with van der Waals surface area (Å²) in [5.41, 5.74) is 0.313. The van der Waals surface area contributed by atoms with Crippen LogP contribution in [0.2, 0.25) is 0 Å². The summed E-state index contributed by atoms with van der Waals surface area (Å²) in [5.74, 6) is -0.104. The number of phenolic OH excluding ortho intramolecular Hbond substituents is 1. The van der Waals surface area contributed by atoms with Crippen molar-refractivity contribution in [2.75, 3.05) is 26.7 Å². The van der Waals surface area contributed by atoms with E-state index in [1.54, 1.807) is 12.1 Å². The van der Waals surface area contributed by atoms with Gasteiger partial charge in [-0.25, -0.2) is 0 Å². The zero-order valence-corrected chi connectivity index (χ0v) is 17.8. The first-order chi connectivity index (χ1) is 14.3. The van der Waals surface area contributed by atoms with E-state index in [-0.39, 0.29) is 36.3 Å². The highest BCUT2D eigenvalue weighted by atomic mass is 16.3. The predicted molar refractivity (Wildman–Crippen MR) is 112 cm³/mol. The maximum Gasteiger partial charge on any atom is 0.223 e. The second-order valence-corrected chi connectivity index (χ2v) is 9.99. The van der Waals surface area contributed by atoms with Crippen molar-refractivity contribution in [3.8, 4) is 5.75 Å². The second kappa shape index (κ2) is 7.06. The van der Waals surface area contributed by atoms with Gasteiger partial charge in [0.15, 0.2) is 0 Å². The van der Waals surface area contributed by atoms with Gasteiger partial charge < -0.3 is 20.0 Å². The van der Waals surface area contributed by atoms with Gasteiger partial charge >= 0.3 is 0 Å². The number of piperidine rings is 2. The second-order valence-electron chi connectivity index (χ2n) is 9.99. The Hall–Kier alpha value is -1.92. The van der Waals surface area contributed by atoms with E-state index in [1.165, 1.54) is 0 Å². The smallest absolute Gasteiger partial charge is 0.223 e. The quantitative estimate of drug-likeness (QED) is 0.777. The molecular formula is C24H32N2O4. The number of nitrogens with zero attached hydrogens (tertiary/aromatic N) is 2. The standard InChI is InChI=1S/C24H32N2O4/c1-25-10-7-23-15-20(28)17(12-22(29)26-8-3-2-4-9-26)14-24(23,30)21(25)11-16-5-6-18(27)13-19(16)23/h5-6,13,17,21,27,30H,2-4,7-12,14-15H2,1H3/t17-,21+,23+,24+/m0/s1. The van der Waals surface area contributed by atoms with Gasteiger partial charge in [-0.1, -0.05) is 6.07 Å². The van der Waals surface area contributed by atoms with Crippen molar-refractivity contribution in [3.63, 3.8) is 0 Å². The number of likely N-dealkylation sites (N-methyl/N-ethyl adjacent to an activating group) is 1. The molecule has 4 atom stereocenters. The zero-order chi connectivity index (χ0) is 21.1. The van der Waals surface area contributed by atoms with Crippen molar-refractivity contribution >= 4 is 11.7 Å². The Kier molecular flexibility index (Phi) is 4.71. The van der Waals surface area contributed by atoms with Crippen molar-refractivity contribution in [1.82, 2.24) is 9.80 Å². The van der Waals surface area contributed by atoms with Gasteiger partial charge in [0.1, 0.15) is 11.5 Å². The van der Waals surface area contributed by atoms with Crippen molar-refractivity contribution in [2.45, 2.75) is 68.4 Å². The normalized spacial score (nSPS) is 36.2. The largest absolute Gasteiger partial charge is 0.508 e. The Morgan fingerprint density at radius 3 is 2.73 bits per heavy atom. The number of carbonyl (C=O) groups is 2. The molecule has 0 spiro atoms.